The fourth-order valence-electron chi connectivity index (χ4n) is 3.28. The number of amides is 5. The van der Waals surface area contributed by atoms with Crippen molar-refractivity contribution in [1.29, 1.82) is 0 Å². The van der Waals surface area contributed by atoms with Crippen LogP contribution in [-0.4, -0.2) is 60.5 Å². The molecule has 0 spiro atoms. The van der Waals surface area contributed by atoms with Gasteiger partial charge in [0, 0.05) is 55.5 Å². The maximum absolute atomic E-state index is 12.5. The Hall–Kier alpha value is -3.26. The van der Waals surface area contributed by atoms with Crippen LogP contribution in [0.25, 0.3) is 0 Å². The first-order valence-electron chi connectivity index (χ1n) is 10.2. The van der Waals surface area contributed by atoms with Crippen molar-refractivity contribution in [2.75, 3.05) is 43.4 Å². The number of benzene rings is 2. The average Bonchev–Trinajstić information content (AvgIpc) is 3.01. The monoisotopic (exact) mass is 443 g/mol. The highest BCUT2D eigenvalue weighted by atomic mass is 35.5. The maximum atomic E-state index is 12.5. The number of anilines is 2. The molecule has 0 aliphatic carbocycles. The molecule has 9 heteroatoms. The second kappa shape index (κ2) is 11.2. The number of carbonyl (C=O) groups is 3. The molecule has 31 heavy (non-hydrogen) atoms. The number of carbonyl (C=O) groups excluding carboxylic acids is 3. The molecule has 1 aliphatic rings. The number of halogens is 1. The number of para-hydroxylation sites is 1. The number of rotatable bonds is 5. The van der Waals surface area contributed by atoms with Crippen molar-refractivity contribution in [3.8, 4) is 0 Å². The molecule has 1 fully saturated rings. The minimum atomic E-state index is -0.348. The van der Waals surface area contributed by atoms with Gasteiger partial charge in [0.05, 0.1) is 0 Å². The van der Waals surface area contributed by atoms with Crippen LogP contribution in [0.4, 0.5) is 21.0 Å². The Labute approximate surface area is 186 Å². The predicted octanol–water partition coefficient (Wildman–Crippen LogP) is 3.62. The molecule has 1 aliphatic heterocycles. The lowest BCUT2D eigenvalue weighted by atomic mass is 10.3. The summed E-state index contributed by atoms with van der Waals surface area (Å²) in [6, 6.07) is 15.5. The van der Waals surface area contributed by atoms with Crippen LogP contribution >= 0.6 is 11.6 Å². The Morgan fingerprint density at radius 2 is 1.55 bits per heavy atom. The molecule has 0 unspecified atom stereocenters. The maximum Gasteiger partial charge on any atom is 0.321 e. The molecule has 0 saturated carbocycles. The molecular weight excluding hydrogens is 418 g/mol. The van der Waals surface area contributed by atoms with Crippen molar-refractivity contribution in [3.05, 3.63) is 59.6 Å². The normalized spacial score (nSPS) is 13.8. The summed E-state index contributed by atoms with van der Waals surface area (Å²) in [6.45, 7) is 2.29. The van der Waals surface area contributed by atoms with Crippen molar-refractivity contribution in [3.63, 3.8) is 0 Å². The van der Waals surface area contributed by atoms with E-state index in [1.807, 2.05) is 18.2 Å². The lowest BCUT2D eigenvalue weighted by molar-refractivity contribution is -0.130. The minimum absolute atomic E-state index is 0.0443. The minimum Gasteiger partial charge on any atom is -0.341 e. The van der Waals surface area contributed by atoms with Gasteiger partial charge in [-0.15, -0.1) is 0 Å². The number of urea groups is 2. The van der Waals surface area contributed by atoms with E-state index in [-0.39, 0.29) is 30.9 Å². The number of nitrogens with zero attached hydrogens (tertiary/aromatic N) is 2. The van der Waals surface area contributed by atoms with Gasteiger partial charge in [0.2, 0.25) is 5.91 Å². The Bertz CT molecular complexity index is 909. The van der Waals surface area contributed by atoms with Gasteiger partial charge in [-0.1, -0.05) is 35.9 Å². The predicted molar refractivity (Wildman–Crippen MR) is 121 cm³/mol. The van der Waals surface area contributed by atoms with E-state index in [0.717, 1.165) is 0 Å². The van der Waals surface area contributed by atoms with Gasteiger partial charge in [0.15, 0.2) is 0 Å². The highest BCUT2D eigenvalue weighted by Gasteiger charge is 2.22. The van der Waals surface area contributed by atoms with Crippen LogP contribution in [0.15, 0.2) is 54.6 Å². The second-order valence-electron chi connectivity index (χ2n) is 7.16. The van der Waals surface area contributed by atoms with Gasteiger partial charge in [-0.25, -0.2) is 9.59 Å². The van der Waals surface area contributed by atoms with E-state index in [1.165, 1.54) is 0 Å². The molecule has 164 valence electrons. The van der Waals surface area contributed by atoms with Gasteiger partial charge >= 0.3 is 12.1 Å². The molecule has 1 heterocycles. The molecular formula is C22H26ClN5O3. The summed E-state index contributed by atoms with van der Waals surface area (Å²) in [5.41, 5.74) is 1.32. The molecule has 0 atom stereocenters. The first-order valence-corrected chi connectivity index (χ1v) is 10.6. The largest absolute Gasteiger partial charge is 0.341 e. The first kappa shape index (κ1) is 22.4. The molecule has 0 aromatic heterocycles. The summed E-state index contributed by atoms with van der Waals surface area (Å²) in [5.74, 6) is -0.0443. The van der Waals surface area contributed by atoms with Crippen LogP contribution in [-0.2, 0) is 4.79 Å². The fraction of sp³-hybridized carbons (Fsp3) is 0.318. The van der Waals surface area contributed by atoms with Crippen molar-refractivity contribution in [1.82, 2.24) is 15.1 Å². The molecule has 3 rings (SSSR count). The molecule has 8 nitrogen and oxygen atoms in total. The molecule has 5 amide bonds. The van der Waals surface area contributed by atoms with Gasteiger partial charge in [-0.2, -0.15) is 0 Å². The van der Waals surface area contributed by atoms with Crippen LogP contribution < -0.4 is 16.0 Å². The van der Waals surface area contributed by atoms with Gasteiger partial charge in [-0.3, -0.25) is 4.79 Å². The summed E-state index contributed by atoms with van der Waals surface area (Å²) in [6.07, 6.45) is 0.896. The highest BCUT2D eigenvalue weighted by Crippen LogP contribution is 2.16. The Kier molecular flexibility index (Phi) is 8.12. The summed E-state index contributed by atoms with van der Waals surface area (Å²) in [7, 11) is 0. The third-order valence-corrected chi connectivity index (χ3v) is 5.10. The van der Waals surface area contributed by atoms with Crippen LogP contribution in [0.1, 0.15) is 12.8 Å². The van der Waals surface area contributed by atoms with Gasteiger partial charge in [0.1, 0.15) is 0 Å². The first-order chi connectivity index (χ1) is 15.0. The van der Waals surface area contributed by atoms with E-state index < -0.39 is 0 Å². The summed E-state index contributed by atoms with van der Waals surface area (Å²) in [5, 5.41) is 8.79. The van der Waals surface area contributed by atoms with Crippen molar-refractivity contribution >= 4 is 40.9 Å². The zero-order valence-electron chi connectivity index (χ0n) is 17.1. The van der Waals surface area contributed by atoms with E-state index in [0.29, 0.717) is 49.0 Å². The van der Waals surface area contributed by atoms with E-state index in [9.17, 15) is 14.4 Å². The van der Waals surface area contributed by atoms with Crippen molar-refractivity contribution in [2.24, 2.45) is 0 Å². The zero-order valence-corrected chi connectivity index (χ0v) is 17.9. The van der Waals surface area contributed by atoms with Crippen LogP contribution in [0.2, 0.25) is 5.02 Å². The van der Waals surface area contributed by atoms with Crippen molar-refractivity contribution < 1.29 is 14.4 Å². The summed E-state index contributed by atoms with van der Waals surface area (Å²) in [4.78, 5) is 40.4. The highest BCUT2D eigenvalue weighted by molar-refractivity contribution is 6.30. The third kappa shape index (κ3) is 7.18. The van der Waals surface area contributed by atoms with Gasteiger partial charge in [0.25, 0.3) is 0 Å². The Morgan fingerprint density at radius 3 is 2.32 bits per heavy atom. The molecule has 3 N–H and O–H groups in total. The zero-order chi connectivity index (χ0) is 22.1. The molecule has 2 aromatic rings. The fourth-order valence-corrected chi connectivity index (χ4v) is 3.47. The molecule has 0 radical (unpaired) electrons. The molecule has 2 aromatic carbocycles. The van der Waals surface area contributed by atoms with Crippen LogP contribution in [0.5, 0.6) is 0 Å². The topological polar surface area (TPSA) is 93.8 Å². The molecule has 0 bridgehead atoms. The third-order valence-electron chi connectivity index (χ3n) is 4.87. The standard InChI is InChI=1S/C22H26ClN5O3/c23-17-6-4-9-19(16-17)26-22(31)28-13-5-12-27(14-15-28)20(29)10-11-24-21(30)25-18-7-2-1-3-8-18/h1-4,6-9,16H,5,10-15H2,(H,26,31)(H2,24,25,30). The quantitative estimate of drug-likeness (QED) is 0.658. The van der Waals surface area contributed by atoms with Crippen LogP contribution in [0.3, 0.4) is 0 Å². The second-order valence-corrected chi connectivity index (χ2v) is 7.60. The summed E-state index contributed by atoms with van der Waals surface area (Å²) < 4.78 is 0. The lowest BCUT2D eigenvalue weighted by Crippen LogP contribution is -2.40. The van der Waals surface area contributed by atoms with E-state index in [4.69, 9.17) is 11.6 Å². The Balaban J connectivity index is 1.39. The summed E-state index contributed by atoms with van der Waals surface area (Å²) >= 11 is 5.96. The lowest BCUT2D eigenvalue weighted by Gasteiger charge is -2.22. The van der Waals surface area contributed by atoms with Crippen molar-refractivity contribution in [2.45, 2.75) is 12.8 Å². The number of hydrogen-bond donors (Lipinski definition) is 3. The Morgan fingerprint density at radius 1 is 0.839 bits per heavy atom. The van der Waals surface area contributed by atoms with Gasteiger partial charge in [-0.05, 0) is 36.8 Å². The SMILES string of the molecule is O=C(NCCC(=O)N1CCCN(C(=O)Nc2cccc(Cl)c2)CC1)Nc1ccccc1. The smallest absolute Gasteiger partial charge is 0.321 e. The number of hydrogen-bond acceptors (Lipinski definition) is 3. The van der Waals surface area contributed by atoms with Gasteiger partial charge < -0.3 is 25.8 Å². The van der Waals surface area contributed by atoms with E-state index in [1.54, 1.807) is 46.2 Å². The number of nitrogens with one attached hydrogen (secondary N) is 3. The van der Waals surface area contributed by atoms with Crippen LogP contribution in [0, 0.1) is 0 Å². The average molecular weight is 444 g/mol. The molecule has 1 saturated heterocycles. The van der Waals surface area contributed by atoms with E-state index in [2.05, 4.69) is 16.0 Å². The van der Waals surface area contributed by atoms with E-state index >= 15 is 0 Å².